The molecule has 0 radical (unpaired) electrons. The van der Waals surface area contributed by atoms with Crippen molar-refractivity contribution >= 4 is 41.3 Å². The van der Waals surface area contributed by atoms with Gasteiger partial charge in [-0.3, -0.25) is 9.89 Å². The molecule has 28 heavy (non-hydrogen) atoms. The van der Waals surface area contributed by atoms with Crippen molar-refractivity contribution in [3.63, 3.8) is 0 Å². The van der Waals surface area contributed by atoms with Crippen molar-refractivity contribution < 1.29 is 4.39 Å². The molecule has 0 amide bonds. The van der Waals surface area contributed by atoms with Crippen molar-refractivity contribution in [2.24, 2.45) is 4.99 Å². The molecule has 5 nitrogen and oxygen atoms in total. The van der Waals surface area contributed by atoms with Crippen LogP contribution in [-0.2, 0) is 19.5 Å². The van der Waals surface area contributed by atoms with Crippen LogP contribution < -0.4 is 10.6 Å². The Hall–Kier alpha value is -1.26. The highest BCUT2D eigenvalue weighted by Crippen LogP contribution is 2.14. The third-order valence-corrected chi connectivity index (χ3v) is 5.85. The molecule has 0 aliphatic carbocycles. The number of hydrogen-bond acceptors (Lipinski definition) is 4. The molecule has 1 aromatic heterocycles. The van der Waals surface area contributed by atoms with Gasteiger partial charge in [0.1, 0.15) is 5.82 Å². The van der Waals surface area contributed by atoms with E-state index in [0.717, 1.165) is 56.1 Å². The van der Waals surface area contributed by atoms with E-state index in [2.05, 4.69) is 37.8 Å². The summed E-state index contributed by atoms with van der Waals surface area (Å²) in [6.07, 6.45) is 3.12. The van der Waals surface area contributed by atoms with Gasteiger partial charge in [0.2, 0.25) is 0 Å². The number of aliphatic imine (C=N–C) groups is 1. The van der Waals surface area contributed by atoms with Gasteiger partial charge in [0.15, 0.2) is 5.96 Å². The first-order valence-corrected chi connectivity index (χ1v) is 10.4. The number of piperidine rings is 1. The van der Waals surface area contributed by atoms with Gasteiger partial charge in [-0.2, -0.15) is 0 Å². The fourth-order valence-corrected chi connectivity index (χ4v) is 3.98. The summed E-state index contributed by atoms with van der Waals surface area (Å²) < 4.78 is 13.0. The first-order chi connectivity index (χ1) is 13.2. The summed E-state index contributed by atoms with van der Waals surface area (Å²) in [6.45, 7) is 5.75. The first-order valence-electron chi connectivity index (χ1n) is 9.53. The minimum atomic E-state index is -0.177. The Kier molecular flexibility index (Phi) is 9.60. The molecule has 1 saturated heterocycles. The second-order valence-electron chi connectivity index (χ2n) is 6.83. The van der Waals surface area contributed by atoms with E-state index in [1.807, 2.05) is 12.1 Å². The highest BCUT2D eigenvalue weighted by atomic mass is 127. The molecule has 154 valence electrons. The van der Waals surface area contributed by atoms with Gasteiger partial charge in [-0.1, -0.05) is 19.1 Å². The molecule has 2 aromatic rings. The fourth-order valence-electron chi connectivity index (χ4n) is 3.24. The molecule has 2 N–H and O–H groups in total. The van der Waals surface area contributed by atoms with Crippen LogP contribution in [0.1, 0.15) is 36.0 Å². The summed E-state index contributed by atoms with van der Waals surface area (Å²) in [5.74, 6) is 0.655. The number of halogens is 2. The Morgan fingerprint density at radius 3 is 2.61 bits per heavy atom. The van der Waals surface area contributed by atoms with Crippen LogP contribution in [0, 0.1) is 5.82 Å². The van der Waals surface area contributed by atoms with Crippen LogP contribution >= 0.6 is 35.3 Å². The monoisotopic (exact) mass is 517 g/mol. The Bertz CT molecular complexity index is 741. The summed E-state index contributed by atoms with van der Waals surface area (Å²) in [7, 11) is 1.80. The first kappa shape index (κ1) is 23.0. The Labute approximate surface area is 187 Å². The Balaban J connectivity index is 0.00000280. The number of guanidine groups is 1. The van der Waals surface area contributed by atoms with Crippen LogP contribution in [0.3, 0.4) is 0 Å². The van der Waals surface area contributed by atoms with Crippen molar-refractivity contribution in [3.05, 3.63) is 51.7 Å². The fraction of sp³-hybridized carbons (Fsp3) is 0.500. The molecule has 1 aliphatic heterocycles. The standard InChI is InChI=1S/C20H28FN5S.HI/c1-3-19-24-18(14-27-19)12-23-20(22-2)25-17-8-10-26(11-9-17)13-15-4-6-16(21)7-5-15;/h4-7,14,17H,3,8-13H2,1-2H3,(H2,22,23,25);1H. The average molecular weight is 517 g/mol. The van der Waals surface area contributed by atoms with Gasteiger partial charge < -0.3 is 10.6 Å². The summed E-state index contributed by atoms with van der Waals surface area (Å²) in [5.41, 5.74) is 2.23. The largest absolute Gasteiger partial charge is 0.354 e. The minimum Gasteiger partial charge on any atom is -0.354 e. The van der Waals surface area contributed by atoms with Gasteiger partial charge >= 0.3 is 0 Å². The SMILES string of the molecule is CCc1nc(CNC(=NC)NC2CCN(Cc3ccc(F)cc3)CC2)cs1.I. The number of aryl methyl sites for hydroxylation is 1. The molecular weight excluding hydrogens is 488 g/mol. The van der Waals surface area contributed by atoms with Crippen LogP contribution in [0.25, 0.3) is 0 Å². The number of rotatable bonds is 6. The van der Waals surface area contributed by atoms with E-state index >= 15 is 0 Å². The van der Waals surface area contributed by atoms with Gasteiger partial charge in [-0.15, -0.1) is 35.3 Å². The third-order valence-electron chi connectivity index (χ3n) is 4.81. The Morgan fingerprint density at radius 1 is 1.29 bits per heavy atom. The van der Waals surface area contributed by atoms with E-state index in [1.165, 1.54) is 17.1 Å². The van der Waals surface area contributed by atoms with E-state index in [-0.39, 0.29) is 29.8 Å². The molecule has 1 aliphatic rings. The second-order valence-corrected chi connectivity index (χ2v) is 7.78. The van der Waals surface area contributed by atoms with Crippen LogP contribution in [0.2, 0.25) is 0 Å². The maximum absolute atomic E-state index is 13.0. The number of aromatic nitrogens is 1. The second kappa shape index (κ2) is 11.7. The topological polar surface area (TPSA) is 52.6 Å². The zero-order valence-electron chi connectivity index (χ0n) is 16.4. The highest BCUT2D eigenvalue weighted by molar-refractivity contribution is 14.0. The van der Waals surface area contributed by atoms with E-state index in [1.54, 1.807) is 18.4 Å². The summed E-state index contributed by atoms with van der Waals surface area (Å²) in [4.78, 5) is 11.3. The van der Waals surface area contributed by atoms with E-state index in [9.17, 15) is 4.39 Å². The van der Waals surface area contributed by atoms with Crippen LogP contribution in [-0.4, -0.2) is 42.0 Å². The van der Waals surface area contributed by atoms with E-state index in [4.69, 9.17) is 0 Å². The van der Waals surface area contributed by atoms with Crippen LogP contribution in [0.4, 0.5) is 4.39 Å². The molecule has 0 saturated carbocycles. The zero-order chi connectivity index (χ0) is 19.1. The zero-order valence-corrected chi connectivity index (χ0v) is 19.6. The maximum atomic E-state index is 13.0. The smallest absolute Gasteiger partial charge is 0.191 e. The minimum absolute atomic E-state index is 0. The summed E-state index contributed by atoms with van der Waals surface area (Å²) in [5, 5.41) is 10.2. The van der Waals surface area contributed by atoms with Crippen molar-refractivity contribution in [1.29, 1.82) is 0 Å². The molecule has 8 heteroatoms. The van der Waals surface area contributed by atoms with Gasteiger partial charge in [-0.25, -0.2) is 9.37 Å². The average Bonchev–Trinajstić information content (AvgIpc) is 3.16. The maximum Gasteiger partial charge on any atom is 0.191 e. The number of benzene rings is 1. The summed E-state index contributed by atoms with van der Waals surface area (Å²) in [6, 6.07) is 7.22. The molecule has 3 rings (SSSR count). The normalized spacial score (nSPS) is 15.9. The molecular formula is C20H29FIN5S. The lowest BCUT2D eigenvalue weighted by molar-refractivity contribution is 0.198. The molecule has 0 spiro atoms. The molecule has 1 aromatic carbocycles. The molecule has 1 fully saturated rings. The molecule has 0 atom stereocenters. The Morgan fingerprint density at radius 2 is 2.00 bits per heavy atom. The van der Waals surface area contributed by atoms with E-state index in [0.29, 0.717) is 12.6 Å². The quantitative estimate of drug-likeness (QED) is 0.348. The number of thiazole rings is 1. The van der Waals surface area contributed by atoms with Crippen molar-refractivity contribution in [2.75, 3.05) is 20.1 Å². The lowest BCUT2D eigenvalue weighted by Crippen LogP contribution is -2.48. The molecule has 2 heterocycles. The predicted molar refractivity (Wildman–Crippen MR) is 125 cm³/mol. The lowest BCUT2D eigenvalue weighted by atomic mass is 10.0. The highest BCUT2D eigenvalue weighted by Gasteiger charge is 2.20. The van der Waals surface area contributed by atoms with Gasteiger partial charge in [0.05, 0.1) is 17.2 Å². The lowest BCUT2D eigenvalue weighted by Gasteiger charge is -2.33. The predicted octanol–water partition coefficient (Wildman–Crippen LogP) is 3.79. The number of likely N-dealkylation sites (tertiary alicyclic amines) is 1. The van der Waals surface area contributed by atoms with Crippen LogP contribution in [0.5, 0.6) is 0 Å². The molecule has 0 bridgehead atoms. The number of nitrogens with zero attached hydrogens (tertiary/aromatic N) is 3. The third kappa shape index (κ3) is 6.97. The molecule has 0 unspecified atom stereocenters. The van der Waals surface area contributed by atoms with E-state index < -0.39 is 0 Å². The van der Waals surface area contributed by atoms with Crippen molar-refractivity contribution in [3.8, 4) is 0 Å². The van der Waals surface area contributed by atoms with Crippen LogP contribution in [0.15, 0.2) is 34.6 Å². The number of hydrogen-bond donors (Lipinski definition) is 2. The van der Waals surface area contributed by atoms with Crippen molar-refractivity contribution in [2.45, 2.75) is 45.3 Å². The van der Waals surface area contributed by atoms with Gasteiger partial charge in [0, 0.05) is 38.1 Å². The summed E-state index contributed by atoms with van der Waals surface area (Å²) >= 11 is 1.71. The van der Waals surface area contributed by atoms with Gasteiger partial charge in [0.25, 0.3) is 0 Å². The number of nitrogens with one attached hydrogen (secondary N) is 2. The van der Waals surface area contributed by atoms with Crippen molar-refractivity contribution in [1.82, 2.24) is 20.5 Å². The van der Waals surface area contributed by atoms with Gasteiger partial charge in [-0.05, 0) is 37.0 Å².